The van der Waals surface area contributed by atoms with Gasteiger partial charge >= 0.3 is 0 Å². The lowest BCUT2D eigenvalue weighted by Gasteiger charge is -2.31. The molecule has 1 saturated carbocycles. The molecule has 27 heavy (non-hydrogen) atoms. The Labute approximate surface area is 165 Å². The summed E-state index contributed by atoms with van der Waals surface area (Å²) in [6.45, 7) is 7.13. The lowest BCUT2D eigenvalue weighted by Crippen LogP contribution is -2.43. The monoisotopic (exact) mass is 394 g/mol. The van der Waals surface area contributed by atoms with Gasteiger partial charge < -0.3 is 14.6 Å². The van der Waals surface area contributed by atoms with Crippen LogP contribution >= 0.6 is 11.9 Å². The largest absolute Gasteiger partial charge is 0.379 e. The first-order valence-corrected chi connectivity index (χ1v) is 11.2. The molecular weight excluding hydrogens is 364 g/mol. The summed E-state index contributed by atoms with van der Waals surface area (Å²) in [4.78, 5) is 14.8. The van der Waals surface area contributed by atoms with E-state index in [1.807, 2.05) is 18.0 Å². The number of nitrogens with one attached hydrogen (secondary N) is 1. The molecule has 0 atom stereocenters. The molecule has 2 saturated heterocycles. The third-order valence-corrected chi connectivity index (χ3v) is 6.73. The lowest BCUT2D eigenvalue weighted by molar-refractivity contribution is 0.0381. The molecule has 1 amide bonds. The zero-order valence-corrected chi connectivity index (χ0v) is 16.7. The number of hydrogen-bond donors (Lipinski definition) is 1. The van der Waals surface area contributed by atoms with Gasteiger partial charge in [-0.1, -0.05) is 17.1 Å². The Balaban J connectivity index is 1.10. The molecule has 1 aromatic heterocycles. The highest BCUT2D eigenvalue weighted by atomic mass is 32.2. The molecule has 3 aliphatic rings. The predicted molar refractivity (Wildman–Crippen MR) is 105 cm³/mol. The van der Waals surface area contributed by atoms with Crippen LogP contribution in [0.3, 0.4) is 0 Å². The highest BCUT2D eigenvalue weighted by Crippen LogP contribution is 2.40. The van der Waals surface area contributed by atoms with Crippen molar-refractivity contribution in [1.82, 2.24) is 19.7 Å². The highest BCUT2D eigenvalue weighted by molar-refractivity contribution is 7.97. The van der Waals surface area contributed by atoms with Gasteiger partial charge in [-0.2, -0.15) is 0 Å². The second-order valence-electron chi connectivity index (χ2n) is 7.71. The third-order valence-electron chi connectivity index (χ3n) is 5.53. The molecule has 1 N–H and O–H groups in total. The van der Waals surface area contributed by atoms with Crippen LogP contribution in [0.4, 0.5) is 0 Å². The fourth-order valence-electron chi connectivity index (χ4n) is 3.65. The molecule has 7 nitrogen and oxygen atoms in total. The van der Waals surface area contributed by atoms with Gasteiger partial charge in [-0.3, -0.25) is 14.0 Å². The van der Waals surface area contributed by atoms with Gasteiger partial charge in [0.15, 0.2) is 5.69 Å². The van der Waals surface area contributed by atoms with Crippen LogP contribution in [0.2, 0.25) is 0 Å². The van der Waals surface area contributed by atoms with Gasteiger partial charge in [0, 0.05) is 50.0 Å². The van der Waals surface area contributed by atoms with Crippen molar-refractivity contribution in [3.05, 3.63) is 17.5 Å². The van der Waals surface area contributed by atoms with Gasteiger partial charge in [0.05, 0.1) is 13.2 Å². The third kappa shape index (κ3) is 5.70. The molecule has 3 fully saturated rings. The number of carbonyl (C=O) groups is 1. The molecule has 8 heteroatoms. The smallest absolute Gasteiger partial charge is 0.273 e. The highest BCUT2D eigenvalue weighted by Gasteiger charge is 2.29. The number of carbonyl (C=O) groups excluding carboxylic acids is 1. The van der Waals surface area contributed by atoms with Crippen LogP contribution in [0.15, 0.2) is 10.6 Å². The fraction of sp³-hybridized carbons (Fsp3) is 0.789. The van der Waals surface area contributed by atoms with Crippen molar-refractivity contribution < 1.29 is 14.1 Å². The number of nitrogens with zero attached hydrogens (tertiary/aromatic N) is 3. The van der Waals surface area contributed by atoms with E-state index in [0.717, 1.165) is 76.6 Å². The average Bonchev–Trinajstić information content (AvgIpc) is 3.44. The van der Waals surface area contributed by atoms with E-state index in [4.69, 9.17) is 9.26 Å². The molecule has 1 aliphatic carbocycles. The van der Waals surface area contributed by atoms with Crippen molar-refractivity contribution in [3.8, 4) is 0 Å². The molecule has 0 unspecified atom stereocenters. The number of aromatic nitrogens is 1. The number of amides is 1. The van der Waals surface area contributed by atoms with Crippen LogP contribution in [0.25, 0.3) is 0 Å². The summed E-state index contributed by atoms with van der Waals surface area (Å²) in [7, 11) is 0. The minimum absolute atomic E-state index is 0.0951. The summed E-state index contributed by atoms with van der Waals surface area (Å²) in [6, 6.07) is 2.05. The van der Waals surface area contributed by atoms with Crippen molar-refractivity contribution in [2.45, 2.75) is 44.1 Å². The SMILES string of the molecule is O=C(NC1CCN(SCCCN2CCOCC2)CC1)c1cc(C2CC2)on1. The average molecular weight is 395 g/mol. The fourth-order valence-corrected chi connectivity index (χ4v) is 4.64. The van der Waals surface area contributed by atoms with Gasteiger partial charge in [-0.05, 0) is 38.6 Å². The number of piperidine rings is 1. The molecule has 0 bridgehead atoms. The van der Waals surface area contributed by atoms with Crippen molar-refractivity contribution in [1.29, 1.82) is 0 Å². The van der Waals surface area contributed by atoms with Crippen LogP contribution < -0.4 is 5.32 Å². The maximum Gasteiger partial charge on any atom is 0.273 e. The molecule has 150 valence electrons. The Morgan fingerprint density at radius 3 is 2.70 bits per heavy atom. The van der Waals surface area contributed by atoms with Crippen LogP contribution in [0.5, 0.6) is 0 Å². The van der Waals surface area contributed by atoms with E-state index in [0.29, 0.717) is 11.6 Å². The zero-order valence-electron chi connectivity index (χ0n) is 15.9. The molecule has 2 aliphatic heterocycles. The van der Waals surface area contributed by atoms with E-state index < -0.39 is 0 Å². The van der Waals surface area contributed by atoms with Crippen LogP contribution in [0.1, 0.15) is 54.3 Å². The van der Waals surface area contributed by atoms with Crippen molar-refractivity contribution in [2.24, 2.45) is 0 Å². The van der Waals surface area contributed by atoms with E-state index in [1.54, 1.807) is 0 Å². The standard InChI is InChI=1S/C19H30N4O3S/c24-19(17-14-18(26-21-17)15-2-3-15)20-16-4-7-23(8-5-16)27-13-1-6-22-9-11-25-12-10-22/h14-16H,1-13H2,(H,20,24). The van der Waals surface area contributed by atoms with E-state index in [2.05, 4.69) is 19.7 Å². The minimum atomic E-state index is -0.0951. The maximum absolute atomic E-state index is 12.3. The number of hydrogen-bond acceptors (Lipinski definition) is 7. The summed E-state index contributed by atoms with van der Waals surface area (Å²) >= 11 is 1.95. The Hall–Kier alpha value is -1.09. The second kappa shape index (κ2) is 9.41. The van der Waals surface area contributed by atoms with Crippen LogP contribution in [-0.4, -0.2) is 78.0 Å². The number of morpholine rings is 1. The van der Waals surface area contributed by atoms with E-state index in [-0.39, 0.29) is 11.9 Å². The van der Waals surface area contributed by atoms with Crippen LogP contribution in [0, 0.1) is 0 Å². The number of ether oxygens (including phenoxy) is 1. The molecule has 1 aromatic rings. The lowest BCUT2D eigenvalue weighted by atomic mass is 10.1. The Morgan fingerprint density at radius 1 is 1.19 bits per heavy atom. The first-order chi connectivity index (χ1) is 13.3. The van der Waals surface area contributed by atoms with Crippen LogP contribution in [-0.2, 0) is 4.74 Å². The van der Waals surface area contributed by atoms with Gasteiger partial charge in [0.2, 0.25) is 0 Å². The Kier molecular flexibility index (Phi) is 6.70. The quantitative estimate of drug-likeness (QED) is 0.535. The molecular formula is C19H30N4O3S. The first kappa shape index (κ1) is 19.2. The summed E-state index contributed by atoms with van der Waals surface area (Å²) in [5, 5.41) is 7.06. The van der Waals surface area contributed by atoms with Gasteiger partial charge in [-0.25, -0.2) is 0 Å². The summed E-state index contributed by atoms with van der Waals surface area (Å²) in [6.07, 6.45) is 5.51. The van der Waals surface area contributed by atoms with Gasteiger partial charge in [-0.15, -0.1) is 0 Å². The second-order valence-corrected chi connectivity index (χ2v) is 8.89. The van der Waals surface area contributed by atoms with E-state index in [1.165, 1.54) is 13.0 Å². The zero-order chi connectivity index (χ0) is 18.5. The van der Waals surface area contributed by atoms with E-state index >= 15 is 0 Å². The molecule has 0 spiro atoms. The Morgan fingerprint density at radius 2 is 1.96 bits per heavy atom. The van der Waals surface area contributed by atoms with Gasteiger partial charge in [0.25, 0.3) is 5.91 Å². The predicted octanol–water partition coefficient (Wildman–Crippen LogP) is 2.12. The first-order valence-electron chi connectivity index (χ1n) is 10.2. The molecule has 0 radical (unpaired) electrons. The van der Waals surface area contributed by atoms with Crippen molar-refractivity contribution in [2.75, 3.05) is 51.7 Å². The van der Waals surface area contributed by atoms with Crippen molar-refractivity contribution in [3.63, 3.8) is 0 Å². The minimum Gasteiger partial charge on any atom is -0.379 e. The van der Waals surface area contributed by atoms with Crippen molar-refractivity contribution >= 4 is 17.9 Å². The normalized spacial score (nSPS) is 22.8. The molecule has 4 rings (SSSR count). The summed E-state index contributed by atoms with van der Waals surface area (Å²) in [5.74, 6) is 2.42. The topological polar surface area (TPSA) is 70.8 Å². The number of rotatable bonds is 8. The molecule has 0 aromatic carbocycles. The Bertz CT molecular complexity index is 608. The maximum atomic E-state index is 12.3. The summed E-state index contributed by atoms with van der Waals surface area (Å²) < 4.78 is 13.1. The van der Waals surface area contributed by atoms with E-state index in [9.17, 15) is 4.79 Å². The summed E-state index contributed by atoms with van der Waals surface area (Å²) in [5.41, 5.74) is 0.428. The molecule has 3 heterocycles. The van der Waals surface area contributed by atoms with Gasteiger partial charge in [0.1, 0.15) is 5.76 Å².